The molecule has 1 radical (unpaired) electrons. The Morgan fingerprint density at radius 1 is 1.29 bits per heavy atom. The normalized spacial score (nSPS) is 32.1. The van der Waals surface area contributed by atoms with Crippen LogP contribution in [0.3, 0.4) is 0 Å². The topological polar surface area (TPSA) is 18.5 Å². The third-order valence-corrected chi connectivity index (χ3v) is 3.24. The Labute approximate surface area is 97.7 Å². The molecule has 1 aromatic carbocycles. The van der Waals surface area contributed by atoms with Gasteiger partial charge in [-0.2, -0.15) is 0 Å². The van der Waals surface area contributed by atoms with E-state index in [0.717, 1.165) is 5.56 Å². The van der Waals surface area contributed by atoms with E-state index in [1.165, 1.54) is 3.57 Å². The Kier molecular flexibility index (Phi) is 3.09. The first kappa shape index (κ1) is 10.4. The van der Waals surface area contributed by atoms with Crippen LogP contribution >= 0.6 is 22.6 Å². The van der Waals surface area contributed by atoms with Gasteiger partial charge in [0, 0.05) is 3.57 Å². The van der Waals surface area contributed by atoms with Crippen LogP contribution in [-0.4, -0.2) is 12.4 Å². The van der Waals surface area contributed by atoms with Crippen LogP contribution in [-0.2, 0) is 9.47 Å². The maximum absolute atomic E-state index is 5.65. The monoisotopic (exact) mass is 303 g/mol. The van der Waals surface area contributed by atoms with Crippen molar-refractivity contribution in [3.05, 3.63) is 40.3 Å². The third kappa shape index (κ3) is 1.94. The Hall–Kier alpha value is -0.130. The molecule has 3 atom stereocenters. The molecule has 1 heterocycles. The summed E-state index contributed by atoms with van der Waals surface area (Å²) in [4.78, 5) is 0. The first-order valence-electron chi connectivity index (χ1n) is 4.57. The number of halogens is 1. The highest BCUT2D eigenvalue weighted by Crippen LogP contribution is 2.33. The molecule has 0 aromatic heterocycles. The van der Waals surface area contributed by atoms with Gasteiger partial charge < -0.3 is 9.47 Å². The van der Waals surface area contributed by atoms with E-state index in [1.807, 2.05) is 19.1 Å². The quantitative estimate of drug-likeness (QED) is 0.743. The SMILES string of the molecule is [CH2][C@H]1OC(C)O[C@@H]1c1ccccc1I. The van der Waals surface area contributed by atoms with Crippen LogP contribution in [0.2, 0.25) is 0 Å². The lowest BCUT2D eigenvalue weighted by molar-refractivity contribution is -0.0475. The van der Waals surface area contributed by atoms with E-state index < -0.39 is 0 Å². The van der Waals surface area contributed by atoms with Gasteiger partial charge in [0.25, 0.3) is 0 Å². The van der Waals surface area contributed by atoms with E-state index in [0.29, 0.717) is 0 Å². The van der Waals surface area contributed by atoms with Crippen LogP contribution in [0.25, 0.3) is 0 Å². The number of benzene rings is 1. The summed E-state index contributed by atoms with van der Waals surface area (Å²) in [6, 6.07) is 8.15. The van der Waals surface area contributed by atoms with Gasteiger partial charge in [-0.25, -0.2) is 0 Å². The Morgan fingerprint density at radius 2 is 2.00 bits per heavy atom. The Morgan fingerprint density at radius 3 is 2.57 bits per heavy atom. The maximum atomic E-state index is 5.65. The molecule has 2 rings (SSSR count). The summed E-state index contributed by atoms with van der Waals surface area (Å²) >= 11 is 2.30. The molecule has 1 saturated heterocycles. The molecule has 75 valence electrons. The van der Waals surface area contributed by atoms with Gasteiger partial charge in [0.1, 0.15) is 6.10 Å². The van der Waals surface area contributed by atoms with Crippen molar-refractivity contribution < 1.29 is 9.47 Å². The fourth-order valence-corrected chi connectivity index (χ4v) is 2.32. The number of rotatable bonds is 1. The van der Waals surface area contributed by atoms with Crippen molar-refractivity contribution in [2.24, 2.45) is 0 Å². The molecular formula is C11H12IO2. The molecule has 2 nitrogen and oxygen atoms in total. The second-order valence-corrected chi connectivity index (χ2v) is 4.48. The highest BCUT2D eigenvalue weighted by atomic mass is 127. The number of ether oxygens (including phenoxy) is 2. The lowest BCUT2D eigenvalue weighted by Gasteiger charge is -2.14. The van der Waals surface area contributed by atoms with Crippen molar-refractivity contribution in [2.45, 2.75) is 25.4 Å². The highest BCUT2D eigenvalue weighted by Gasteiger charge is 2.32. The van der Waals surface area contributed by atoms with E-state index in [9.17, 15) is 0 Å². The molecule has 1 fully saturated rings. The fraction of sp³-hybridized carbons (Fsp3) is 0.364. The molecule has 1 unspecified atom stereocenters. The van der Waals surface area contributed by atoms with E-state index >= 15 is 0 Å². The van der Waals surface area contributed by atoms with Gasteiger partial charge in [-0.15, -0.1) is 0 Å². The van der Waals surface area contributed by atoms with Crippen molar-refractivity contribution in [3.8, 4) is 0 Å². The fourth-order valence-electron chi connectivity index (χ4n) is 1.62. The van der Waals surface area contributed by atoms with E-state index in [2.05, 4.69) is 41.6 Å². The zero-order valence-corrected chi connectivity index (χ0v) is 10.1. The molecule has 14 heavy (non-hydrogen) atoms. The molecule has 0 N–H and O–H groups in total. The minimum Gasteiger partial charge on any atom is -0.347 e. The summed E-state index contributed by atoms with van der Waals surface area (Å²) in [5.41, 5.74) is 1.16. The lowest BCUT2D eigenvalue weighted by atomic mass is 10.1. The van der Waals surface area contributed by atoms with Crippen LogP contribution in [0.1, 0.15) is 18.6 Å². The van der Waals surface area contributed by atoms with Crippen molar-refractivity contribution >= 4 is 22.6 Å². The molecule has 0 bridgehead atoms. The van der Waals surface area contributed by atoms with Gasteiger partial charge in [0.05, 0.1) is 6.10 Å². The summed E-state index contributed by atoms with van der Waals surface area (Å²) in [6.45, 7) is 5.83. The molecule has 1 aliphatic rings. The molecule has 0 aliphatic carbocycles. The largest absolute Gasteiger partial charge is 0.347 e. The van der Waals surface area contributed by atoms with Crippen molar-refractivity contribution in [1.29, 1.82) is 0 Å². The number of hydrogen-bond donors (Lipinski definition) is 0. The predicted molar refractivity (Wildman–Crippen MR) is 62.7 cm³/mol. The smallest absolute Gasteiger partial charge is 0.156 e. The average molecular weight is 303 g/mol. The van der Waals surface area contributed by atoms with Gasteiger partial charge in [0.2, 0.25) is 0 Å². The van der Waals surface area contributed by atoms with Gasteiger partial charge in [-0.05, 0) is 48.1 Å². The molecule has 1 aliphatic heterocycles. The highest BCUT2D eigenvalue weighted by molar-refractivity contribution is 14.1. The van der Waals surface area contributed by atoms with Crippen LogP contribution in [0, 0.1) is 10.5 Å². The molecule has 1 aromatic rings. The first-order valence-corrected chi connectivity index (χ1v) is 5.65. The second-order valence-electron chi connectivity index (χ2n) is 3.32. The zero-order chi connectivity index (χ0) is 10.1. The molecular weight excluding hydrogens is 291 g/mol. The van der Waals surface area contributed by atoms with Gasteiger partial charge in [0.15, 0.2) is 6.29 Å². The minimum absolute atomic E-state index is 0.0295. The van der Waals surface area contributed by atoms with E-state index in [-0.39, 0.29) is 18.5 Å². The van der Waals surface area contributed by atoms with Gasteiger partial charge in [-0.3, -0.25) is 0 Å². The van der Waals surface area contributed by atoms with Gasteiger partial charge >= 0.3 is 0 Å². The van der Waals surface area contributed by atoms with Crippen LogP contribution < -0.4 is 0 Å². The Balaban J connectivity index is 2.27. The van der Waals surface area contributed by atoms with Crippen LogP contribution in [0.15, 0.2) is 24.3 Å². The number of hydrogen-bond acceptors (Lipinski definition) is 2. The van der Waals surface area contributed by atoms with Crippen molar-refractivity contribution in [3.63, 3.8) is 0 Å². The lowest BCUT2D eigenvalue weighted by Crippen LogP contribution is -2.11. The summed E-state index contributed by atoms with van der Waals surface area (Å²) in [5, 5.41) is 0. The summed E-state index contributed by atoms with van der Waals surface area (Å²) in [5.74, 6) is 0. The molecule has 3 heteroatoms. The van der Waals surface area contributed by atoms with Crippen molar-refractivity contribution in [1.82, 2.24) is 0 Å². The average Bonchev–Trinajstić information content (AvgIpc) is 2.46. The third-order valence-electron chi connectivity index (χ3n) is 2.25. The maximum Gasteiger partial charge on any atom is 0.156 e. The van der Waals surface area contributed by atoms with Crippen molar-refractivity contribution in [2.75, 3.05) is 0 Å². The van der Waals surface area contributed by atoms with Crippen LogP contribution in [0.4, 0.5) is 0 Å². The van der Waals surface area contributed by atoms with Gasteiger partial charge in [-0.1, -0.05) is 18.2 Å². The second kappa shape index (κ2) is 4.16. The van der Waals surface area contributed by atoms with Crippen LogP contribution in [0.5, 0.6) is 0 Å². The van der Waals surface area contributed by atoms with E-state index in [4.69, 9.17) is 9.47 Å². The summed E-state index contributed by atoms with van der Waals surface area (Å²) in [6.07, 6.45) is -0.294. The summed E-state index contributed by atoms with van der Waals surface area (Å²) < 4.78 is 12.3. The predicted octanol–water partition coefficient (Wildman–Crippen LogP) is 2.93. The first-order chi connectivity index (χ1) is 6.68. The molecule has 0 saturated carbocycles. The zero-order valence-electron chi connectivity index (χ0n) is 7.94. The minimum atomic E-state index is -0.154. The Bertz CT molecular complexity index is 327. The van der Waals surface area contributed by atoms with E-state index in [1.54, 1.807) is 0 Å². The summed E-state index contributed by atoms with van der Waals surface area (Å²) in [7, 11) is 0. The molecule has 0 spiro atoms. The molecule has 0 amide bonds. The standard InChI is InChI=1S/C11H12IO2/c1-7-11(14-8(2)13-7)9-5-3-4-6-10(9)12/h3-8,11H,1H2,2H3/t7-,8?,11+/m1/s1.